The highest BCUT2D eigenvalue weighted by Gasteiger charge is 2.20. The van der Waals surface area contributed by atoms with Gasteiger partial charge in [0.25, 0.3) is 5.91 Å². The Labute approximate surface area is 133 Å². The van der Waals surface area contributed by atoms with E-state index in [0.717, 1.165) is 12.0 Å². The summed E-state index contributed by atoms with van der Waals surface area (Å²) in [6.07, 6.45) is 4.57. The van der Waals surface area contributed by atoms with Gasteiger partial charge in [-0.3, -0.25) is 4.79 Å². The van der Waals surface area contributed by atoms with Crippen LogP contribution < -0.4 is 0 Å². The summed E-state index contributed by atoms with van der Waals surface area (Å²) in [6, 6.07) is 10.7. The Morgan fingerprint density at radius 2 is 2.00 bits per heavy atom. The fourth-order valence-electron chi connectivity index (χ4n) is 2.55. The van der Waals surface area contributed by atoms with Crippen LogP contribution in [0, 0.1) is 4.64 Å². The SMILES string of the molecule is O=C(c1ccc[nH]c1=S)N1CC=C(c2ccc(O)cc2)CC1. The Hall–Kier alpha value is -2.40. The average Bonchev–Trinajstić information content (AvgIpc) is 2.56. The van der Waals surface area contributed by atoms with Crippen molar-refractivity contribution >= 4 is 23.7 Å². The second-order valence-corrected chi connectivity index (χ2v) is 5.60. The normalized spacial score (nSPS) is 14.5. The van der Waals surface area contributed by atoms with Crippen molar-refractivity contribution in [2.75, 3.05) is 13.1 Å². The predicted octanol–water partition coefficient (Wildman–Crippen LogP) is 3.38. The Bertz CT molecular complexity index is 778. The first-order valence-corrected chi connectivity index (χ1v) is 7.51. The number of amides is 1. The minimum atomic E-state index is -0.0390. The smallest absolute Gasteiger partial charge is 0.257 e. The molecule has 0 atom stereocenters. The van der Waals surface area contributed by atoms with Crippen LogP contribution in [0.4, 0.5) is 0 Å². The average molecular weight is 312 g/mol. The van der Waals surface area contributed by atoms with Crippen LogP contribution >= 0.6 is 12.2 Å². The lowest BCUT2D eigenvalue weighted by atomic mass is 9.99. The molecule has 112 valence electrons. The van der Waals surface area contributed by atoms with Gasteiger partial charge in [-0.1, -0.05) is 30.4 Å². The number of phenols is 1. The molecule has 5 heteroatoms. The fourth-order valence-corrected chi connectivity index (χ4v) is 2.78. The highest BCUT2D eigenvalue weighted by molar-refractivity contribution is 7.71. The molecule has 0 spiro atoms. The number of pyridine rings is 1. The molecule has 1 aromatic carbocycles. The molecule has 0 fully saturated rings. The number of hydrogen-bond donors (Lipinski definition) is 2. The van der Waals surface area contributed by atoms with Gasteiger partial charge < -0.3 is 15.0 Å². The second kappa shape index (κ2) is 6.15. The number of nitrogens with one attached hydrogen (secondary N) is 1. The number of H-pyrrole nitrogens is 1. The molecule has 3 rings (SSSR count). The summed E-state index contributed by atoms with van der Waals surface area (Å²) in [5.74, 6) is 0.220. The summed E-state index contributed by atoms with van der Waals surface area (Å²) in [5.41, 5.74) is 2.82. The molecule has 0 saturated carbocycles. The van der Waals surface area contributed by atoms with E-state index in [1.165, 1.54) is 5.57 Å². The van der Waals surface area contributed by atoms with E-state index < -0.39 is 0 Å². The van der Waals surface area contributed by atoms with Crippen LogP contribution in [0.25, 0.3) is 5.57 Å². The Kier molecular flexibility index (Phi) is 4.06. The fraction of sp³-hybridized carbons (Fsp3) is 0.176. The van der Waals surface area contributed by atoms with Crippen molar-refractivity contribution in [3.8, 4) is 5.75 Å². The quantitative estimate of drug-likeness (QED) is 0.836. The van der Waals surface area contributed by atoms with Gasteiger partial charge in [-0.25, -0.2) is 0 Å². The van der Waals surface area contributed by atoms with Gasteiger partial charge in [0.2, 0.25) is 0 Å². The lowest BCUT2D eigenvalue weighted by Crippen LogP contribution is -2.34. The number of aromatic amines is 1. The Morgan fingerprint density at radius 1 is 1.23 bits per heavy atom. The zero-order valence-electron chi connectivity index (χ0n) is 12.0. The van der Waals surface area contributed by atoms with E-state index in [0.29, 0.717) is 23.3 Å². The number of aromatic nitrogens is 1. The van der Waals surface area contributed by atoms with Gasteiger partial charge in [0.1, 0.15) is 10.4 Å². The third-order valence-electron chi connectivity index (χ3n) is 3.78. The summed E-state index contributed by atoms with van der Waals surface area (Å²) in [6.45, 7) is 1.23. The molecule has 0 bridgehead atoms. The molecule has 1 amide bonds. The van der Waals surface area contributed by atoms with Crippen LogP contribution in [0.2, 0.25) is 0 Å². The molecule has 1 aliphatic heterocycles. The van der Waals surface area contributed by atoms with Gasteiger partial charge in [0.05, 0.1) is 5.56 Å². The lowest BCUT2D eigenvalue weighted by Gasteiger charge is -2.26. The summed E-state index contributed by atoms with van der Waals surface area (Å²) in [7, 11) is 0. The van der Waals surface area contributed by atoms with E-state index in [9.17, 15) is 9.90 Å². The first-order chi connectivity index (χ1) is 10.6. The van der Waals surface area contributed by atoms with Gasteiger partial charge in [0.15, 0.2) is 0 Å². The highest BCUT2D eigenvalue weighted by Crippen LogP contribution is 2.24. The number of benzene rings is 1. The third kappa shape index (κ3) is 2.94. The number of phenolic OH excluding ortho intramolecular Hbond substituents is 1. The second-order valence-electron chi connectivity index (χ2n) is 5.19. The largest absolute Gasteiger partial charge is 0.508 e. The Balaban J connectivity index is 1.76. The minimum absolute atomic E-state index is 0.0390. The standard InChI is InChI=1S/C17H16N2O2S/c20-14-5-3-12(4-6-14)13-7-10-19(11-8-13)17(21)15-2-1-9-18-16(15)22/h1-7,9,20H,8,10-11H2,(H,18,22). The van der Waals surface area contributed by atoms with Crippen LogP contribution in [0.1, 0.15) is 22.3 Å². The lowest BCUT2D eigenvalue weighted by molar-refractivity contribution is 0.0772. The van der Waals surface area contributed by atoms with E-state index in [2.05, 4.69) is 11.1 Å². The number of hydrogen-bond acceptors (Lipinski definition) is 3. The summed E-state index contributed by atoms with van der Waals surface area (Å²) in [5, 5.41) is 9.34. The van der Waals surface area contributed by atoms with Gasteiger partial charge in [0, 0.05) is 19.3 Å². The summed E-state index contributed by atoms with van der Waals surface area (Å²) in [4.78, 5) is 17.2. The first-order valence-electron chi connectivity index (χ1n) is 7.10. The zero-order valence-corrected chi connectivity index (χ0v) is 12.8. The molecule has 2 heterocycles. The zero-order chi connectivity index (χ0) is 15.5. The Morgan fingerprint density at radius 3 is 2.64 bits per heavy atom. The van der Waals surface area contributed by atoms with Crippen molar-refractivity contribution in [1.29, 1.82) is 0 Å². The minimum Gasteiger partial charge on any atom is -0.508 e. The molecule has 2 aromatic rings. The molecule has 2 N–H and O–H groups in total. The third-order valence-corrected chi connectivity index (χ3v) is 4.12. The van der Waals surface area contributed by atoms with Crippen molar-refractivity contribution in [2.24, 2.45) is 0 Å². The van der Waals surface area contributed by atoms with Crippen molar-refractivity contribution < 1.29 is 9.90 Å². The number of carbonyl (C=O) groups excluding carboxylic acids is 1. The van der Waals surface area contributed by atoms with Gasteiger partial charge in [-0.2, -0.15) is 0 Å². The van der Waals surface area contributed by atoms with Gasteiger partial charge in [-0.15, -0.1) is 0 Å². The number of aromatic hydroxyl groups is 1. The molecule has 0 unspecified atom stereocenters. The molecular formula is C17H16N2O2S. The summed E-state index contributed by atoms with van der Waals surface area (Å²) < 4.78 is 0.473. The monoisotopic (exact) mass is 312 g/mol. The predicted molar refractivity (Wildman–Crippen MR) is 88.2 cm³/mol. The molecule has 1 aliphatic rings. The topological polar surface area (TPSA) is 56.3 Å². The van der Waals surface area contributed by atoms with Crippen molar-refractivity contribution in [3.63, 3.8) is 0 Å². The van der Waals surface area contributed by atoms with Crippen LogP contribution in [0.5, 0.6) is 5.75 Å². The summed E-state index contributed by atoms with van der Waals surface area (Å²) >= 11 is 5.17. The van der Waals surface area contributed by atoms with E-state index in [1.807, 2.05) is 12.1 Å². The van der Waals surface area contributed by atoms with Crippen molar-refractivity contribution in [2.45, 2.75) is 6.42 Å². The molecule has 1 aromatic heterocycles. The van der Waals surface area contributed by atoms with Gasteiger partial charge >= 0.3 is 0 Å². The maximum Gasteiger partial charge on any atom is 0.257 e. The van der Waals surface area contributed by atoms with Crippen LogP contribution in [-0.2, 0) is 0 Å². The first kappa shape index (κ1) is 14.5. The van der Waals surface area contributed by atoms with Crippen LogP contribution in [-0.4, -0.2) is 34.0 Å². The van der Waals surface area contributed by atoms with Gasteiger partial charge in [-0.05, 0) is 41.8 Å². The van der Waals surface area contributed by atoms with Crippen LogP contribution in [0.15, 0.2) is 48.7 Å². The highest BCUT2D eigenvalue weighted by atomic mass is 32.1. The van der Waals surface area contributed by atoms with E-state index >= 15 is 0 Å². The molecular weight excluding hydrogens is 296 g/mol. The molecule has 0 aliphatic carbocycles. The molecule has 0 radical (unpaired) electrons. The number of nitrogens with zero attached hydrogens (tertiary/aromatic N) is 1. The van der Waals surface area contributed by atoms with E-state index in [-0.39, 0.29) is 11.7 Å². The van der Waals surface area contributed by atoms with E-state index in [4.69, 9.17) is 12.2 Å². The maximum absolute atomic E-state index is 12.5. The van der Waals surface area contributed by atoms with Crippen molar-refractivity contribution in [3.05, 3.63) is 64.4 Å². The molecule has 0 saturated heterocycles. The van der Waals surface area contributed by atoms with E-state index in [1.54, 1.807) is 35.4 Å². The maximum atomic E-state index is 12.5. The molecule has 4 nitrogen and oxygen atoms in total. The van der Waals surface area contributed by atoms with Crippen LogP contribution in [0.3, 0.4) is 0 Å². The number of carbonyl (C=O) groups is 1. The molecule has 22 heavy (non-hydrogen) atoms. The van der Waals surface area contributed by atoms with Crippen molar-refractivity contribution in [1.82, 2.24) is 9.88 Å². The number of rotatable bonds is 2.